The molecule has 3 rings (SSSR count). The Labute approximate surface area is 182 Å². The minimum absolute atomic E-state index is 0.181. The van der Waals surface area contributed by atoms with Gasteiger partial charge in [-0.25, -0.2) is 4.39 Å². The van der Waals surface area contributed by atoms with Crippen LogP contribution >= 0.6 is 0 Å². The van der Waals surface area contributed by atoms with E-state index in [1.54, 1.807) is 31.2 Å². The lowest BCUT2D eigenvalue weighted by molar-refractivity contribution is 0.0945. The van der Waals surface area contributed by atoms with Gasteiger partial charge in [-0.3, -0.25) is 9.59 Å². The Balaban J connectivity index is 1.99. The van der Waals surface area contributed by atoms with Gasteiger partial charge in [0, 0.05) is 29.3 Å². The van der Waals surface area contributed by atoms with Crippen molar-refractivity contribution in [3.8, 4) is 16.9 Å². The number of amides is 2. The first-order chi connectivity index (χ1) is 14.8. The molecule has 1 fully saturated rings. The molecule has 1 aliphatic carbocycles. The van der Waals surface area contributed by atoms with E-state index in [2.05, 4.69) is 17.2 Å². The van der Waals surface area contributed by atoms with Crippen molar-refractivity contribution in [2.45, 2.75) is 46.1 Å². The van der Waals surface area contributed by atoms with Crippen LogP contribution in [0.3, 0.4) is 0 Å². The second-order valence-corrected chi connectivity index (χ2v) is 8.08. The van der Waals surface area contributed by atoms with Crippen LogP contribution in [0, 0.1) is 12.7 Å². The van der Waals surface area contributed by atoms with Gasteiger partial charge < -0.3 is 15.4 Å². The van der Waals surface area contributed by atoms with E-state index in [1.807, 2.05) is 13.8 Å². The highest BCUT2D eigenvalue weighted by molar-refractivity contribution is 5.98. The van der Waals surface area contributed by atoms with E-state index in [0.29, 0.717) is 41.2 Å². The fourth-order valence-corrected chi connectivity index (χ4v) is 3.14. The highest BCUT2D eigenvalue weighted by Gasteiger charge is 2.25. The summed E-state index contributed by atoms with van der Waals surface area (Å²) in [5, 5.41) is 5.70. The molecule has 2 amide bonds. The fourth-order valence-electron chi connectivity index (χ4n) is 3.14. The Kier molecular flexibility index (Phi) is 7.10. The number of nitrogens with one attached hydrogen (secondary N) is 2. The minimum atomic E-state index is -0.455. The van der Waals surface area contributed by atoms with Gasteiger partial charge in [0.1, 0.15) is 11.6 Å². The van der Waals surface area contributed by atoms with Crippen LogP contribution in [0.4, 0.5) is 4.39 Å². The van der Waals surface area contributed by atoms with E-state index in [1.165, 1.54) is 6.07 Å². The van der Waals surface area contributed by atoms with Crippen LogP contribution < -0.4 is 15.4 Å². The quantitative estimate of drug-likeness (QED) is 0.569. The molecule has 0 radical (unpaired) electrons. The van der Waals surface area contributed by atoms with E-state index in [4.69, 9.17) is 4.74 Å². The van der Waals surface area contributed by atoms with Crippen LogP contribution in [0.1, 0.15) is 59.4 Å². The lowest BCUT2D eigenvalue weighted by Gasteiger charge is -2.16. The number of hydrogen-bond acceptors (Lipinski definition) is 3. The molecule has 0 atom stereocenters. The molecule has 5 nitrogen and oxygen atoms in total. The van der Waals surface area contributed by atoms with Gasteiger partial charge in [-0.15, -0.1) is 0 Å². The fraction of sp³-hybridized carbons (Fsp3) is 0.360. The summed E-state index contributed by atoms with van der Waals surface area (Å²) in [5.74, 6) is -0.499. The molecule has 6 heteroatoms. The van der Waals surface area contributed by atoms with Gasteiger partial charge in [-0.2, -0.15) is 0 Å². The number of hydrogen-bond donors (Lipinski definition) is 2. The van der Waals surface area contributed by atoms with Crippen molar-refractivity contribution in [3.63, 3.8) is 0 Å². The molecule has 0 unspecified atom stereocenters. The second-order valence-electron chi connectivity index (χ2n) is 8.08. The summed E-state index contributed by atoms with van der Waals surface area (Å²) in [4.78, 5) is 25.0. The van der Waals surface area contributed by atoms with Crippen molar-refractivity contribution in [1.82, 2.24) is 10.6 Å². The molecule has 2 aromatic rings. The monoisotopic (exact) mass is 424 g/mol. The third-order valence-electron chi connectivity index (χ3n) is 5.07. The van der Waals surface area contributed by atoms with Crippen molar-refractivity contribution in [2.75, 3.05) is 13.2 Å². The lowest BCUT2D eigenvalue weighted by Crippen LogP contribution is -2.25. The van der Waals surface area contributed by atoms with Crippen LogP contribution in [0.25, 0.3) is 11.1 Å². The number of benzene rings is 2. The molecule has 1 saturated carbocycles. The third-order valence-corrected chi connectivity index (χ3v) is 5.07. The van der Waals surface area contributed by atoms with Crippen LogP contribution in [0.2, 0.25) is 0 Å². The summed E-state index contributed by atoms with van der Waals surface area (Å²) in [6, 6.07) is 8.21. The Morgan fingerprint density at radius 2 is 1.87 bits per heavy atom. The van der Waals surface area contributed by atoms with E-state index in [0.717, 1.165) is 24.8 Å². The molecule has 0 aliphatic heterocycles. The first-order valence-electron chi connectivity index (χ1n) is 10.6. The summed E-state index contributed by atoms with van der Waals surface area (Å²) < 4.78 is 20.6. The van der Waals surface area contributed by atoms with Crippen LogP contribution in [-0.4, -0.2) is 31.0 Å². The summed E-state index contributed by atoms with van der Waals surface area (Å²) in [6.07, 6.45) is 2.69. The topological polar surface area (TPSA) is 67.4 Å². The molecule has 2 aromatic carbocycles. The first kappa shape index (κ1) is 22.5. The largest absolute Gasteiger partial charge is 0.493 e. The third kappa shape index (κ3) is 5.72. The normalized spacial score (nSPS) is 12.9. The SMILES string of the molecule is C=C(C)CNC(=O)c1ccc(-c2cc(C(=O)NC3CC3)cc(F)c2C)c(OCCC)c1. The molecular formula is C25H29FN2O3. The Morgan fingerprint density at radius 3 is 2.52 bits per heavy atom. The number of halogens is 1. The predicted molar refractivity (Wildman–Crippen MR) is 120 cm³/mol. The number of ether oxygens (including phenoxy) is 1. The maximum Gasteiger partial charge on any atom is 0.251 e. The highest BCUT2D eigenvalue weighted by Crippen LogP contribution is 2.35. The molecular weight excluding hydrogens is 395 g/mol. The van der Waals surface area contributed by atoms with E-state index >= 15 is 0 Å². The van der Waals surface area contributed by atoms with Crippen molar-refractivity contribution >= 4 is 11.8 Å². The van der Waals surface area contributed by atoms with Gasteiger partial charge in [0.15, 0.2) is 0 Å². The Morgan fingerprint density at radius 1 is 1.13 bits per heavy atom. The van der Waals surface area contributed by atoms with Gasteiger partial charge >= 0.3 is 0 Å². The van der Waals surface area contributed by atoms with E-state index < -0.39 is 5.82 Å². The maximum atomic E-state index is 14.7. The molecule has 0 aromatic heterocycles. The van der Waals surface area contributed by atoms with Gasteiger partial charge in [-0.05, 0) is 74.6 Å². The zero-order chi connectivity index (χ0) is 22.5. The minimum Gasteiger partial charge on any atom is -0.493 e. The second kappa shape index (κ2) is 9.77. The summed E-state index contributed by atoms with van der Waals surface area (Å²) in [7, 11) is 0. The molecule has 31 heavy (non-hydrogen) atoms. The number of rotatable bonds is 9. The molecule has 0 spiro atoms. The van der Waals surface area contributed by atoms with Crippen molar-refractivity contribution in [3.05, 3.63) is 65.0 Å². The van der Waals surface area contributed by atoms with E-state index in [9.17, 15) is 14.0 Å². The number of carbonyl (C=O) groups excluding carboxylic acids is 2. The summed E-state index contributed by atoms with van der Waals surface area (Å²) >= 11 is 0. The van der Waals surface area contributed by atoms with Crippen LogP contribution in [0.5, 0.6) is 5.75 Å². The molecule has 0 saturated heterocycles. The molecule has 1 aliphatic rings. The van der Waals surface area contributed by atoms with Crippen molar-refractivity contribution in [1.29, 1.82) is 0 Å². The standard InChI is InChI=1S/C25H29FN2O3/c1-5-10-31-23-13-17(24(29)27-14-15(2)3)6-9-20(23)21-11-18(12-22(26)16(21)4)25(30)28-19-7-8-19/h6,9,11-13,19H,2,5,7-8,10,14H2,1,3-4H3,(H,27,29)(H,28,30). The average Bonchev–Trinajstić information content (AvgIpc) is 3.56. The van der Waals surface area contributed by atoms with Gasteiger partial charge in [-0.1, -0.05) is 19.1 Å². The summed E-state index contributed by atoms with van der Waals surface area (Å²) in [6.45, 7) is 10.1. The molecule has 2 N–H and O–H groups in total. The first-order valence-corrected chi connectivity index (χ1v) is 10.6. The molecule has 0 heterocycles. The van der Waals surface area contributed by atoms with E-state index in [-0.39, 0.29) is 23.4 Å². The maximum absolute atomic E-state index is 14.7. The summed E-state index contributed by atoms with van der Waals surface area (Å²) in [5.41, 5.74) is 3.19. The van der Waals surface area contributed by atoms with Gasteiger partial charge in [0.2, 0.25) is 0 Å². The zero-order valence-corrected chi connectivity index (χ0v) is 18.3. The Bertz CT molecular complexity index is 1010. The smallest absolute Gasteiger partial charge is 0.251 e. The highest BCUT2D eigenvalue weighted by atomic mass is 19.1. The number of carbonyl (C=O) groups is 2. The zero-order valence-electron chi connectivity index (χ0n) is 18.3. The average molecular weight is 425 g/mol. The molecule has 0 bridgehead atoms. The van der Waals surface area contributed by atoms with Crippen LogP contribution in [0.15, 0.2) is 42.5 Å². The molecule has 164 valence electrons. The van der Waals surface area contributed by atoms with Crippen LogP contribution in [-0.2, 0) is 0 Å². The van der Waals surface area contributed by atoms with Gasteiger partial charge in [0.05, 0.1) is 6.61 Å². The predicted octanol–water partition coefficient (Wildman–Crippen LogP) is 4.79. The van der Waals surface area contributed by atoms with Crippen molar-refractivity contribution < 1.29 is 18.7 Å². The van der Waals surface area contributed by atoms with Crippen molar-refractivity contribution in [2.24, 2.45) is 0 Å². The Hall–Kier alpha value is -3.15. The lowest BCUT2D eigenvalue weighted by atomic mass is 9.95. The van der Waals surface area contributed by atoms with Gasteiger partial charge in [0.25, 0.3) is 11.8 Å².